The Labute approximate surface area is 148 Å². The smallest absolute Gasteiger partial charge is 0.246 e. The highest BCUT2D eigenvalue weighted by Crippen LogP contribution is 2.22. The Hall–Kier alpha value is -2.31. The fraction of sp³-hybridized carbons (Fsp3) is 0.421. The molecule has 1 aromatic heterocycles. The van der Waals surface area contributed by atoms with Gasteiger partial charge in [-0.05, 0) is 51.4 Å². The standard InChI is InChI=1S/C19H25N5O/c1-13(2)24-19(8-9-20-12-19)18(25)23-17-6-4-15(5-7-17)16-10-21-14(3)22-11-16/h4-7,10-11,13,20,24H,8-9,12H2,1-3H3,(H,23,25). The molecule has 1 amide bonds. The van der Waals surface area contributed by atoms with E-state index in [1.807, 2.05) is 43.6 Å². The Morgan fingerprint density at radius 1 is 1.16 bits per heavy atom. The molecule has 3 N–H and O–H groups in total. The highest BCUT2D eigenvalue weighted by Gasteiger charge is 2.41. The minimum Gasteiger partial charge on any atom is -0.324 e. The monoisotopic (exact) mass is 339 g/mol. The Kier molecular flexibility index (Phi) is 5.11. The molecule has 6 heteroatoms. The zero-order chi connectivity index (χ0) is 17.9. The van der Waals surface area contributed by atoms with E-state index in [2.05, 4.69) is 39.8 Å². The Morgan fingerprint density at radius 3 is 2.40 bits per heavy atom. The number of hydrogen-bond acceptors (Lipinski definition) is 5. The summed E-state index contributed by atoms with van der Waals surface area (Å²) < 4.78 is 0. The van der Waals surface area contributed by atoms with Crippen LogP contribution in [0, 0.1) is 6.92 Å². The molecule has 1 aliphatic heterocycles. The summed E-state index contributed by atoms with van der Waals surface area (Å²) in [7, 11) is 0. The van der Waals surface area contributed by atoms with Gasteiger partial charge in [0.2, 0.25) is 5.91 Å². The molecule has 0 spiro atoms. The Bertz CT molecular complexity index is 718. The second kappa shape index (κ2) is 7.29. The largest absolute Gasteiger partial charge is 0.324 e. The first-order chi connectivity index (χ1) is 12.0. The van der Waals surface area contributed by atoms with Crippen molar-refractivity contribution in [3.63, 3.8) is 0 Å². The van der Waals surface area contributed by atoms with Gasteiger partial charge in [0.1, 0.15) is 11.4 Å². The average molecular weight is 339 g/mol. The number of carbonyl (C=O) groups excluding carboxylic acids is 1. The van der Waals surface area contributed by atoms with Gasteiger partial charge in [0, 0.05) is 36.2 Å². The predicted molar refractivity (Wildman–Crippen MR) is 99.3 cm³/mol. The average Bonchev–Trinajstić information content (AvgIpc) is 3.05. The predicted octanol–water partition coefficient (Wildman–Crippen LogP) is 2.12. The zero-order valence-electron chi connectivity index (χ0n) is 15.0. The SMILES string of the molecule is Cc1ncc(-c2ccc(NC(=O)C3(NC(C)C)CCNC3)cc2)cn1. The molecule has 6 nitrogen and oxygen atoms in total. The second-order valence-corrected chi connectivity index (χ2v) is 6.86. The lowest BCUT2D eigenvalue weighted by molar-refractivity contribution is -0.122. The van der Waals surface area contributed by atoms with E-state index in [1.165, 1.54) is 0 Å². The zero-order valence-corrected chi connectivity index (χ0v) is 15.0. The van der Waals surface area contributed by atoms with Crippen LogP contribution in [0.25, 0.3) is 11.1 Å². The van der Waals surface area contributed by atoms with Crippen LogP contribution in [-0.2, 0) is 4.79 Å². The third kappa shape index (κ3) is 4.03. The summed E-state index contributed by atoms with van der Waals surface area (Å²) in [6, 6.07) is 8.02. The third-order valence-electron chi connectivity index (χ3n) is 4.41. The number of benzene rings is 1. The van der Waals surface area contributed by atoms with Crippen molar-refractivity contribution < 1.29 is 4.79 Å². The third-order valence-corrected chi connectivity index (χ3v) is 4.41. The maximum Gasteiger partial charge on any atom is 0.246 e. The summed E-state index contributed by atoms with van der Waals surface area (Å²) in [4.78, 5) is 21.3. The van der Waals surface area contributed by atoms with Gasteiger partial charge < -0.3 is 10.6 Å². The molecule has 1 unspecified atom stereocenters. The molecule has 1 atom stereocenters. The summed E-state index contributed by atoms with van der Waals surface area (Å²) in [5.41, 5.74) is 2.23. The first kappa shape index (κ1) is 17.5. The number of anilines is 1. The Morgan fingerprint density at radius 2 is 1.84 bits per heavy atom. The van der Waals surface area contributed by atoms with Crippen LogP contribution in [0.15, 0.2) is 36.7 Å². The van der Waals surface area contributed by atoms with E-state index in [0.29, 0.717) is 6.54 Å². The molecule has 0 saturated carbocycles. The van der Waals surface area contributed by atoms with Gasteiger partial charge >= 0.3 is 0 Å². The van der Waals surface area contributed by atoms with Crippen LogP contribution in [-0.4, -0.2) is 40.5 Å². The molecule has 1 saturated heterocycles. The van der Waals surface area contributed by atoms with Crippen molar-refractivity contribution in [2.75, 3.05) is 18.4 Å². The second-order valence-electron chi connectivity index (χ2n) is 6.86. The number of aromatic nitrogens is 2. The molecule has 1 aliphatic rings. The van der Waals surface area contributed by atoms with Crippen molar-refractivity contribution in [1.82, 2.24) is 20.6 Å². The fourth-order valence-corrected chi connectivity index (χ4v) is 3.17. The van der Waals surface area contributed by atoms with E-state index in [4.69, 9.17) is 0 Å². The molecule has 2 heterocycles. The topological polar surface area (TPSA) is 78.9 Å². The van der Waals surface area contributed by atoms with E-state index in [9.17, 15) is 4.79 Å². The first-order valence-corrected chi connectivity index (χ1v) is 8.67. The molecule has 3 rings (SSSR count). The lowest BCUT2D eigenvalue weighted by Crippen LogP contribution is -2.58. The molecule has 0 radical (unpaired) electrons. The van der Waals surface area contributed by atoms with E-state index >= 15 is 0 Å². The Balaban J connectivity index is 1.72. The van der Waals surface area contributed by atoms with Crippen LogP contribution >= 0.6 is 0 Å². The van der Waals surface area contributed by atoms with E-state index in [0.717, 1.165) is 35.6 Å². The van der Waals surface area contributed by atoms with Crippen molar-refractivity contribution in [3.8, 4) is 11.1 Å². The van der Waals surface area contributed by atoms with Crippen molar-refractivity contribution in [2.45, 2.75) is 38.8 Å². The number of hydrogen-bond donors (Lipinski definition) is 3. The minimum atomic E-state index is -0.544. The number of nitrogens with one attached hydrogen (secondary N) is 3. The van der Waals surface area contributed by atoms with Gasteiger partial charge in [-0.3, -0.25) is 10.1 Å². The number of aryl methyl sites for hydroxylation is 1. The van der Waals surface area contributed by atoms with E-state index in [1.54, 1.807) is 0 Å². The van der Waals surface area contributed by atoms with Crippen LogP contribution in [0.2, 0.25) is 0 Å². The van der Waals surface area contributed by atoms with Crippen molar-refractivity contribution >= 4 is 11.6 Å². The van der Waals surface area contributed by atoms with Gasteiger partial charge in [-0.2, -0.15) is 0 Å². The molecular formula is C19H25N5O. The molecule has 132 valence electrons. The molecule has 0 bridgehead atoms. The van der Waals surface area contributed by atoms with Crippen LogP contribution in [0.1, 0.15) is 26.1 Å². The summed E-state index contributed by atoms with van der Waals surface area (Å²) in [6.07, 6.45) is 4.40. The number of carbonyl (C=O) groups is 1. The highest BCUT2D eigenvalue weighted by atomic mass is 16.2. The lowest BCUT2D eigenvalue weighted by atomic mass is 9.96. The van der Waals surface area contributed by atoms with Crippen molar-refractivity contribution in [3.05, 3.63) is 42.5 Å². The van der Waals surface area contributed by atoms with Crippen molar-refractivity contribution in [1.29, 1.82) is 0 Å². The molecule has 2 aromatic rings. The quantitative estimate of drug-likeness (QED) is 0.778. The molecular weight excluding hydrogens is 314 g/mol. The van der Waals surface area contributed by atoms with E-state index < -0.39 is 5.54 Å². The fourth-order valence-electron chi connectivity index (χ4n) is 3.17. The normalized spacial score (nSPS) is 20.0. The molecule has 1 aromatic carbocycles. The molecule has 25 heavy (non-hydrogen) atoms. The maximum atomic E-state index is 12.8. The summed E-state index contributed by atoms with van der Waals surface area (Å²) in [6.45, 7) is 7.48. The van der Waals surface area contributed by atoms with Gasteiger partial charge in [-0.1, -0.05) is 12.1 Å². The van der Waals surface area contributed by atoms with Crippen LogP contribution in [0.4, 0.5) is 5.69 Å². The minimum absolute atomic E-state index is 0.0117. The van der Waals surface area contributed by atoms with Gasteiger partial charge in [-0.15, -0.1) is 0 Å². The number of nitrogens with zero attached hydrogens (tertiary/aromatic N) is 2. The highest BCUT2D eigenvalue weighted by molar-refractivity contribution is 5.98. The van der Waals surface area contributed by atoms with Crippen LogP contribution in [0.5, 0.6) is 0 Å². The summed E-state index contributed by atoms with van der Waals surface area (Å²) in [5, 5.41) is 9.75. The number of amides is 1. The lowest BCUT2D eigenvalue weighted by Gasteiger charge is -2.30. The van der Waals surface area contributed by atoms with Crippen LogP contribution < -0.4 is 16.0 Å². The van der Waals surface area contributed by atoms with Crippen LogP contribution in [0.3, 0.4) is 0 Å². The van der Waals surface area contributed by atoms with Gasteiger partial charge in [0.05, 0.1) is 0 Å². The summed E-state index contributed by atoms with van der Waals surface area (Å²) >= 11 is 0. The van der Waals surface area contributed by atoms with Gasteiger partial charge in [-0.25, -0.2) is 9.97 Å². The molecule has 1 fully saturated rings. The summed E-state index contributed by atoms with van der Waals surface area (Å²) in [5.74, 6) is 0.762. The first-order valence-electron chi connectivity index (χ1n) is 8.67. The van der Waals surface area contributed by atoms with Gasteiger partial charge in [0.15, 0.2) is 0 Å². The number of rotatable bonds is 5. The van der Waals surface area contributed by atoms with Gasteiger partial charge in [0.25, 0.3) is 0 Å². The van der Waals surface area contributed by atoms with Crippen molar-refractivity contribution in [2.24, 2.45) is 0 Å². The maximum absolute atomic E-state index is 12.8. The molecule has 0 aliphatic carbocycles. The van der Waals surface area contributed by atoms with E-state index in [-0.39, 0.29) is 11.9 Å².